The van der Waals surface area contributed by atoms with Crippen molar-refractivity contribution in [1.29, 1.82) is 0 Å². The number of carbonyl (C=O) groups excluding carboxylic acids is 2. The largest absolute Gasteiger partial charge is 0.459 e. The predicted octanol–water partition coefficient (Wildman–Crippen LogP) is 5.21. The van der Waals surface area contributed by atoms with E-state index in [2.05, 4.69) is 5.32 Å². The Morgan fingerprint density at radius 1 is 1.12 bits per heavy atom. The molecule has 0 unspecified atom stereocenters. The molecule has 134 valence electrons. The quantitative estimate of drug-likeness (QED) is 0.639. The maximum atomic E-state index is 12.5. The summed E-state index contributed by atoms with van der Waals surface area (Å²) in [5.41, 5.74) is 2.29. The van der Waals surface area contributed by atoms with Gasteiger partial charge in [-0.1, -0.05) is 11.6 Å². The molecule has 1 amide bonds. The summed E-state index contributed by atoms with van der Waals surface area (Å²) >= 11 is 6.00. The Morgan fingerprint density at radius 3 is 2.46 bits per heavy atom. The summed E-state index contributed by atoms with van der Waals surface area (Å²) in [6.07, 6.45) is -0.188. The van der Waals surface area contributed by atoms with E-state index in [4.69, 9.17) is 20.8 Å². The van der Waals surface area contributed by atoms with E-state index in [0.717, 1.165) is 10.9 Å². The lowest BCUT2D eigenvalue weighted by Gasteiger charge is -2.08. The van der Waals surface area contributed by atoms with Gasteiger partial charge in [0.1, 0.15) is 5.58 Å². The highest BCUT2D eigenvalue weighted by Crippen LogP contribution is 2.28. The third-order valence-electron chi connectivity index (χ3n) is 3.83. The van der Waals surface area contributed by atoms with Gasteiger partial charge < -0.3 is 14.5 Å². The maximum Gasteiger partial charge on any atom is 0.338 e. The molecule has 0 atom stereocenters. The van der Waals surface area contributed by atoms with Gasteiger partial charge >= 0.3 is 5.97 Å². The van der Waals surface area contributed by atoms with E-state index >= 15 is 0 Å². The molecule has 2 aromatic carbocycles. The number of esters is 1. The van der Waals surface area contributed by atoms with Gasteiger partial charge in [0, 0.05) is 21.7 Å². The summed E-state index contributed by atoms with van der Waals surface area (Å²) in [6.45, 7) is 5.38. The number of halogens is 1. The molecule has 0 bridgehead atoms. The third kappa shape index (κ3) is 3.73. The van der Waals surface area contributed by atoms with Gasteiger partial charge in [0.2, 0.25) is 0 Å². The van der Waals surface area contributed by atoms with Crippen molar-refractivity contribution in [3.8, 4) is 0 Å². The number of aryl methyl sites for hydroxylation is 1. The molecular formula is C20H18ClNO4. The minimum Gasteiger partial charge on any atom is -0.459 e. The molecule has 26 heavy (non-hydrogen) atoms. The third-order valence-corrected chi connectivity index (χ3v) is 4.06. The molecule has 0 saturated heterocycles. The van der Waals surface area contributed by atoms with Crippen LogP contribution in [0.25, 0.3) is 11.0 Å². The Balaban J connectivity index is 1.78. The van der Waals surface area contributed by atoms with Crippen LogP contribution in [0.2, 0.25) is 5.02 Å². The SMILES string of the molecule is Cc1c(C(=O)Nc2ccc(C(=O)OC(C)C)cc2)oc2ccc(Cl)cc12. The first-order valence-corrected chi connectivity index (χ1v) is 8.54. The van der Waals surface area contributed by atoms with Crippen molar-refractivity contribution in [3.63, 3.8) is 0 Å². The molecule has 0 aliphatic heterocycles. The standard InChI is InChI=1S/C20H18ClNO4/c1-11(2)25-20(24)13-4-7-15(8-5-13)22-19(23)18-12(3)16-10-14(21)6-9-17(16)26-18/h4-11H,1-3H3,(H,22,23). The van der Waals surface area contributed by atoms with Crippen molar-refractivity contribution >= 4 is 40.1 Å². The molecule has 0 spiro atoms. The van der Waals surface area contributed by atoms with Gasteiger partial charge in [-0.15, -0.1) is 0 Å². The molecule has 5 nitrogen and oxygen atoms in total. The van der Waals surface area contributed by atoms with Gasteiger partial charge in [-0.2, -0.15) is 0 Å². The normalized spacial score (nSPS) is 11.0. The zero-order chi connectivity index (χ0) is 18.8. The van der Waals surface area contributed by atoms with Gasteiger partial charge in [-0.25, -0.2) is 4.79 Å². The van der Waals surface area contributed by atoms with Crippen molar-refractivity contribution in [2.24, 2.45) is 0 Å². The first kappa shape index (κ1) is 18.0. The maximum absolute atomic E-state index is 12.5. The van der Waals surface area contributed by atoms with Crippen LogP contribution in [0, 0.1) is 6.92 Å². The molecule has 0 fully saturated rings. The number of benzene rings is 2. The molecule has 0 radical (unpaired) electrons. The summed E-state index contributed by atoms with van der Waals surface area (Å²) in [5, 5.41) is 4.14. The second-order valence-electron chi connectivity index (χ2n) is 6.18. The Hall–Kier alpha value is -2.79. The molecular weight excluding hydrogens is 354 g/mol. The minimum atomic E-state index is -0.400. The van der Waals surface area contributed by atoms with Crippen molar-refractivity contribution in [2.45, 2.75) is 26.9 Å². The lowest BCUT2D eigenvalue weighted by molar-refractivity contribution is 0.0378. The highest BCUT2D eigenvalue weighted by molar-refractivity contribution is 6.31. The number of rotatable bonds is 4. The molecule has 1 heterocycles. The van der Waals surface area contributed by atoms with Gasteiger partial charge in [0.15, 0.2) is 5.76 Å². The van der Waals surface area contributed by atoms with Crippen molar-refractivity contribution < 1.29 is 18.7 Å². The van der Waals surface area contributed by atoms with Crippen LogP contribution in [0.15, 0.2) is 46.9 Å². The van der Waals surface area contributed by atoms with Crippen LogP contribution in [0.4, 0.5) is 5.69 Å². The number of carbonyl (C=O) groups is 2. The topological polar surface area (TPSA) is 68.5 Å². The molecule has 0 aliphatic rings. The summed E-state index contributed by atoms with van der Waals surface area (Å²) in [4.78, 5) is 24.4. The molecule has 3 aromatic rings. The number of amides is 1. The second-order valence-corrected chi connectivity index (χ2v) is 6.62. The first-order valence-electron chi connectivity index (χ1n) is 8.16. The number of furan rings is 1. The van der Waals surface area contributed by atoms with Crippen LogP contribution >= 0.6 is 11.6 Å². The highest BCUT2D eigenvalue weighted by Gasteiger charge is 2.18. The van der Waals surface area contributed by atoms with Crippen LogP contribution in [-0.2, 0) is 4.74 Å². The zero-order valence-electron chi connectivity index (χ0n) is 14.6. The smallest absolute Gasteiger partial charge is 0.338 e. The lowest BCUT2D eigenvalue weighted by atomic mass is 10.1. The van der Waals surface area contributed by atoms with Crippen molar-refractivity contribution in [2.75, 3.05) is 5.32 Å². The summed E-state index contributed by atoms with van der Waals surface area (Å²) < 4.78 is 10.8. The minimum absolute atomic E-state index is 0.188. The first-order chi connectivity index (χ1) is 12.3. The van der Waals surface area contributed by atoms with Gasteiger partial charge in [0.25, 0.3) is 5.91 Å². The van der Waals surface area contributed by atoms with Gasteiger partial charge in [-0.05, 0) is 63.2 Å². The number of ether oxygens (including phenoxy) is 1. The Kier molecular flexibility index (Phi) is 5.00. The molecule has 0 aliphatic carbocycles. The van der Waals surface area contributed by atoms with E-state index in [1.807, 2.05) is 6.92 Å². The van der Waals surface area contributed by atoms with E-state index in [0.29, 0.717) is 21.9 Å². The number of nitrogens with one attached hydrogen (secondary N) is 1. The van der Waals surface area contributed by atoms with E-state index < -0.39 is 5.97 Å². The molecule has 1 N–H and O–H groups in total. The number of anilines is 1. The Bertz CT molecular complexity index is 973. The Morgan fingerprint density at radius 2 is 1.81 bits per heavy atom. The summed E-state index contributed by atoms with van der Waals surface area (Å²) in [5.74, 6) is -0.541. The lowest BCUT2D eigenvalue weighted by Crippen LogP contribution is -2.13. The average molecular weight is 372 g/mol. The van der Waals surface area contributed by atoms with Crippen LogP contribution in [0.5, 0.6) is 0 Å². The van der Waals surface area contributed by atoms with Crippen LogP contribution in [0.3, 0.4) is 0 Å². The van der Waals surface area contributed by atoms with E-state index in [-0.39, 0.29) is 17.8 Å². The highest BCUT2D eigenvalue weighted by atomic mass is 35.5. The van der Waals surface area contributed by atoms with Crippen LogP contribution in [-0.4, -0.2) is 18.0 Å². The fraction of sp³-hybridized carbons (Fsp3) is 0.200. The predicted molar refractivity (Wildman–Crippen MR) is 101 cm³/mol. The molecule has 0 saturated carbocycles. The number of hydrogen-bond donors (Lipinski definition) is 1. The van der Waals surface area contributed by atoms with Crippen molar-refractivity contribution in [3.05, 3.63) is 64.4 Å². The fourth-order valence-electron chi connectivity index (χ4n) is 2.57. The Labute approximate surface area is 155 Å². The summed E-state index contributed by atoms with van der Waals surface area (Å²) in [6, 6.07) is 11.7. The van der Waals surface area contributed by atoms with Gasteiger partial charge in [0.05, 0.1) is 11.7 Å². The van der Waals surface area contributed by atoms with E-state index in [9.17, 15) is 9.59 Å². The monoisotopic (exact) mass is 371 g/mol. The van der Waals surface area contributed by atoms with Gasteiger partial charge in [-0.3, -0.25) is 4.79 Å². The van der Waals surface area contributed by atoms with E-state index in [1.54, 1.807) is 56.3 Å². The number of fused-ring (bicyclic) bond motifs is 1. The van der Waals surface area contributed by atoms with E-state index in [1.165, 1.54) is 0 Å². The molecule has 1 aromatic heterocycles. The van der Waals surface area contributed by atoms with Crippen LogP contribution < -0.4 is 5.32 Å². The molecule has 6 heteroatoms. The second kappa shape index (κ2) is 7.22. The molecule has 3 rings (SSSR count). The summed E-state index contributed by atoms with van der Waals surface area (Å²) in [7, 11) is 0. The average Bonchev–Trinajstić information content (AvgIpc) is 2.91. The number of hydrogen-bond acceptors (Lipinski definition) is 4. The fourth-order valence-corrected chi connectivity index (χ4v) is 2.74. The zero-order valence-corrected chi connectivity index (χ0v) is 15.4. The van der Waals surface area contributed by atoms with Crippen LogP contribution in [0.1, 0.15) is 40.3 Å². The van der Waals surface area contributed by atoms with Crippen molar-refractivity contribution in [1.82, 2.24) is 0 Å².